The van der Waals surface area contributed by atoms with E-state index in [0.717, 1.165) is 30.3 Å². The molecule has 19 heavy (non-hydrogen) atoms. The van der Waals surface area contributed by atoms with Crippen molar-refractivity contribution in [1.82, 2.24) is 10.2 Å². The van der Waals surface area contributed by atoms with Gasteiger partial charge in [-0.25, -0.2) is 0 Å². The van der Waals surface area contributed by atoms with Crippen molar-refractivity contribution in [3.63, 3.8) is 0 Å². The number of halogens is 1. The fourth-order valence-corrected chi connectivity index (χ4v) is 3.71. The van der Waals surface area contributed by atoms with E-state index in [9.17, 15) is 0 Å². The largest absolute Gasteiger partial charge is 0.356 e. The van der Waals surface area contributed by atoms with Crippen molar-refractivity contribution in [2.24, 2.45) is 22.7 Å². The molecular weight excluding hydrogens is 349 g/mol. The van der Waals surface area contributed by atoms with Gasteiger partial charge in [-0.2, -0.15) is 0 Å². The smallest absolute Gasteiger partial charge is 0.193 e. The molecule has 1 heterocycles. The van der Waals surface area contributed by atoms with Crippen molar-refractivity contribution in [2.45, 2.75) is 44.9 Å². The zero-order chi connectivity index (χ0) is 12.4. The lowest BCUT2D eigenvalue weighted by atomic mass is 9.82. The zero-order valence-corrected chi connectivity index (χ0v) is 14.4. The Morgan fingerprint density at radius 2 is 1.74 bits per heavy atom. The quantitative estimate of drug-likeness (QED) is 0.465. The third kappa shape index (κ3) is 3.99. The van der Waals surface area contributed by atoms with Crippen LogP contribution in [0.15, 0.2) is 4.99 Å². The van der Waals surface area contributed by atoms with Gasteiger partial charge in [0.25, 0.3) is 0 Å². The summed E-state index contributed by atoms with van der Waals surface area (Å²) < 4.78 is 0. The maximum absolute atomic E-state index is 4.48. The zero-order valence-electron chi connectivity index (χ0n) is 12.1. The van der Waals surface area contributed by atoms with E-state index in [1.54, 1.807) is 0 Å². The average molecular weight is 377 g/mol. The van der Waals surface area contributed by atoms with Crippen molar-refractivity contribution in [1.29, 1.82) is 0 Å². The molecule has 3 rings (SSSR count). The topological polar surface area (TPSA) is 27.6 Å². The van der Waals surface area contributed by atoms with Gasteiger partial charge in [-0.05, 0) is 37.0 Å². The van der Waals surface area contributed by atoms with E-state index in [0.29, 0.717) is 0 Å². The van der Waals surface area contributed by atoms with Gasteiger partial charge in [0.1, 0.15) is 0 Å². The van der Waals surface area contributed by atoms with Gasteiger partial charge in [0.05, 0.1) is 0 Å². The summed E-state index contributed by atoms with van der Waals surface area (Å²) in [6.45, 7) is 3.60. The van der Waals surface area contributed by atoms with Crippen molar-refractivity contribution in [3.05, 3.63) is 0 Å². The number of aliphatic imine (C=N–C) groups is 1. The Morgan fingerprint density at radius 3 is 2.26 bits per heavy atom. The van der Waals surface area contributed by atoms with Crippen molar-refractivity contribution in [3.8, 4) is 0 Å². The molecule has 3 aliphatic rings. The number of fused-ring (bicyclic) bond motifs is 1. The number of nitrogens with one attached hydrogen (secondary N) is 1. The summed E-state index contributed by atoms with van der Waals surface area (Å²) in [4.78, 5) is 6.98. The van der Waals surface area contributed by atoms with Gasteiger partial charge in [0.2, 0.25) is 0 Å². The van der Waals surface area contributed by atoms with Crippen LogP contribution in [-0.4, -0.2) is 37.5 Å². The molecule has 1 N–H and O–H groups in total. The van der Waals surface area contributed by atoms with Crippen LogP contribution in [0.1, 0.15) is 44.9 Å². The number of hydrogen-bond donors (Lipinski definition) is 1. The number of guanidine groups is 1. The Morgan fingerprint density at radius 1 is 1.11 bits per heavy atom. The van der Waals surface area contributed by atoms with Crippen LogP contribution in [0.5, 0.6) is 0 Å². The monoisotopic (exact) mass is 377 g/mol. The van der Waals surface area contributed by atoms with Crippen molar-refractivity contribution >= 4 is 29.9 Å². The van der Waals surface area contributed by atoms with Crippen LogP contribution >= 0.6 is 24.0 Å². The van der Waals surface area contributed by atoms with E-state index in [-0.39, 0.29) is 24.0 Å². The predicted octanol–water partition coefficient (Wildman–Crippen LogP) is 3.10. The highest BCUT2D eigenvalue weighted by molar-refractivity contribution is 14.0. The summed E-state index contributed by atoms with van der Waals surface area (Å²) in [5.74, 6) is 4.06. The van der Waals surface area contributed by atoms with Gasteiger partial charge in [0, 0.05) is 26.7 Å². The first-order valence-corrected chi connectivity index (χ1v) is 7.82. The first-order valence-electron chi connectivity index (χ1n) is 7.82. The Kier molecular flexibility index (Phi) is 5.78. The van der Waals surface area contributed by atoms with Crippen LogP contribution < -0.4 is 5.32 Å². The second-order valence-corrected chi connectivity index (χ2v) is 6.42. The van der Waals surface area contributed by atoms with E-state index >= 15 is 0 Å². The minimum absolute atomic E-state index is 0. The molecular formula is C15H28IN3. The molecule has 3 fully saturated rings. The minimum Gasteiger partial charge on any atom is -0.356 e. The SMILES string of the molecule is CN=C(NCCC1CC1)N1CC2CCCCC2C1.I. The second kappa shape index (κ2) is 7.14. The number of likely N-dealkylation sites (tertiary alicyclic amines) is 1. The summed E-state index contributed by atoms with van der Waals surface area (Å²) in [5, 5.41) is 3.57. The standard InChI is InChI=1S/C15H27N3.HI/c1-16-15(17-9-8-12-6-7-12)18-10-13-4-2-3-5-14(13)11-18;/h12-14H,2-11H2,1H3,(H,16,17);1H. The Hall–Kier alpha value is 0. The fourth-order valence-electron chi connectivity index (χ4n) is 3.71. The molecule has 1 aliphatic heterocycles. The maximum atomic E-state index is 4.48. The molecule has 0 aromatic carbocycles. The second-order valence-electron chi connectivity index (χ2n) is 6.42. The van der Waals surface area contributed by atoms with Gasteiger partial charge in [0.15, 0.2) is 5.96 Å². The molecule has 0 bridgehead atoms. The third-order valence-corrected chi connectivity index (χ3v) is 5.02. The van der Waals surface area contributed by atoms with Gasteiger partial charge in [-0.15, -0.1) is 24.0 Å². The number of hydrogen-bond acceptors (Lipinski definition) is 1. The molecule has 0 aromatic heterocycles. The summed E-state index contributed by atoms with van der Waals surface area (Å²) in [5.41, 5.74) is 0. The highest BCUT2D eigenvalue weighted by Gasteiger charge is 2.35. The molecule has 4 heteroatoms. The van der Waals surface area contributed by atoms with E-state index in [1.807, 2.05) is 7.05 Å². The van der Waals surface area contributed by atoms with Crippen LogP contribution in [0.25, 0.3) is 0 Å². The Bertz CT molecular complexity index is 301. The van der Waals surface area contributed by atoms with E-state index in [4.69, 9.17) is 0 Å². The van der Waals surface area contributed by atoms with Crippen LogP contribution in [0.3, 0.4) is 0 Å². The van der Waals surface area contributed by atoms with Gasteiger partial charge < -0.3 is 10.2 Å². The summed E-state index contributed by atoms with van der Waals surface area (Å²) in [7, 11) is 1.93. The molecule has 2 unspecified atom stereocenters. The predicted molar refractivity (Wildman–Crippen MR) is 91.1 cm³/mol. The van der Waals surface area contributed by atoms with Crippen molar-refractivity contribution < 1.29 is 0 Å². The molecule has 2 aliphatic carbocycles. The highest BCUT2D eigenvalue weighted by atomic mass is 127. The van der Waals surface area contributed by atoms with Gasteiger partial charge in [-0.1, -0.05) is 25.7 Å². The molecule has 0 amide bonds. The average Bonchev–Trinajstić information content (AvgIpc) is 3.11. The molecule has 0 spiro atoms. The summed E-state index contributed by atoms with van der Waals surface area (Å²) >= 11 is 0. The number of rotatable bonds is 3. The summed E-state index contributed by atoms with van der Waals surface area (Å²) in [6.07, 6.45) is 10.0. The molecule has 0 aromatic rings. The first kappa shape index (κ1) is 15.4. The lowest BCUT2D eigenvalue weighted by Crippen LogP contribution is -2.40. The normalized spacial score (nSPS) is 30.8. The number of nitrogens with zero attached hydrogens (tertiary/aromatic N) is 2. The first-order chi connectivity index (χ1) is 8.86. The van der Waals surface area contributed by atoms with E-state index < -0.39 is 0 Å². The molecule has 1 saturated heterocycles. The summed E-state index contributed by atoms with van der Waals surface area (Å²) in [6, 6.07) is 0. The fraction of sp³-hybridized carbons (Fsp3) is 0.933. The van der Waals surface area contributed by atoms with Crippen LogP contribution in [0.4, 0.5) is 0 Å². The highest BCUT2D eigenvalue weighted by Crippen LogP contribution is 2.36. The van der Waals surface area contributed by atoms with E-state index in [1.165, 1.54) is 58.0 Å². The van der Waals surface area contributed by atoms with Gasteiger partial charge in [-0.3, -0.25) is 4.99 Å². The molecule has 0 radical (unpaired) electrons. The van der Waals surface area contributed by atoms with Crippen molar-refractivity contribution in [2.75, 3.05) is 26.7 Å². The lowest BCUT2D eigenvalue weighted by molar-refractivity contribution is 0.299. The molecule has 110 valence electrons. The van der Waals surface area contributed by atoms with Crippen LogP contribution in [0.2, 0.25) is 0 Å². The minimum atomic E-state index is 0. The van der Waals surface area contributed by atoms with E-state index in [2.05, 4.69) is 15.2 Å². The molecule has 2 saturated carbocycles. The molecule has 3 nitrogen and oxygen atoms in total. The maximum Gasteiger partial charge on any atom is 0.193 e. The Balaban J connectivity index is 0.00000133. The lowest BCUT2D eigenvalue weighted by Gasteiger charge is -2.22. The van der Waals surface area contributed by atoms with Crippen LogP contribution in [0, 0.1) is 17.8 Å². The van der Waals surface area contributed by atoms with Gasteiger partial charge >= 0.3 is 0 Å². The molecule has 2 atom stereocenters. The third-order valence-electron chi connectivity index (χ3n) is 5.02. The Labute approximate surface area is 134 Å². The van der Waals surface area contributed by atoms with Crippen LogP contribution in [-0.2, 0) is 0 Å².